The first-order chi connectivity index (χ1) is 12.1. The zero-order valence-electron chi connectivity index (χ0n) is 14.0. The number of carbonyl (C=O) groups is 2. The lowest BCUT2D eigenvalue weighted by atomic mass is 9.96. The third-order valence-electron chi connectivity index (χ3n) is 4.03. The number of ether oxygens (including phenoxy) is 1. The van der Waals surface area contributed by atoms with Crippen LogP contribution in [0.1, 0.15) is 31.3 Å². The number of carbonyl (C=O) groups excluding carboxylic acids is 2. The van der Waals surface area contributed by atoms with Crippen molar-refractivity contribution >= 4 is 11.8 Å². The molecule has 0 radical (unpaired) electrons. The summed E-state index contributed by atoms with van der Waals surface area (Å²) in [4.78, 5) is 26.8. The molecule has 1 saturated heterocycles. The number of nitrogens with one attached hydrogen (secondary N) is 2. The van der Waals surface area contributed by atoms with E-state index in [0.29, 0.717) is 5.82 Å². The molecule has 1 aromatic heterocycles. The molecule has 9 nitrogen and oxygen atoms in total. The number of benzene rings is 1. The van der Waals surface area contributed by atoms with Crippen molar-refractivity contribution in [2.45, 2.75) is 38.6 Å². The van der Waals surface area contributed by atoms with Crippen LogP contribution in [0.3, 0.4) is 0 Å². The standard InChI is InChI=1S/C16H20N6O3/c1-10(2)22-13(23)9-25-15(14(22)11-6-4-3-5-7-11)16(24)17-8-12-18-20-21-19-12/h3-7,10,14-15H,8-9H2,1-2H3,(H,17,24)(H,18,19,20,21). The van der Waals surface area contributed by atoms with E-state index >= 15 is 0 Å². The fourth-order valence-electron chi connectivity index (χ4n) is 2.97. The van der Waals surface area contributed by atoms with Crippen LogP contribution >= 0.6 is 0 Å². The summed E-state index contributed by atoms with van der Waals surface area (Å²) in [7, 11) is 0. The Hall–Kier alpha value is -2.81. The lowest BCUT2D eigenvalue weighted by molar-refractivity contribution is -0.167. The highest BCUT2D eigenvalue weighted by atomic mass is 16.5. The van der Waals surface area contributed by atoms with Crippen molar-refractivity contribution in [1.82, 2.24) is 30.8 Å². The van der Waals surface area contributed by atoms with Gasteiger partial charge >= 0.3 is 0 Å². The smallest absolute Gasteiger partial charge is 0.252 e. The highest BCUT2D eigenvalue weighted by Crippen LogP contribution is 2.32. The number of morpholine rings is 1. The molecule has 0 bridgehead atoms. The minimum atomic E-state index is -0.811. The van der Waals surface area contributed by atoms with Gasteiger partial charge in [-0.15, -0.1) is 10.2 Å². The molecule has 0 aliphatic carbocycles. The predicted molar refractivity (Wildman–Crippen MR) is 86.9 cm³/mol. The number of aromatic amines is 1. The van der Waals surface area contributed by atoms with Gasteiger partial charge in [-0.3, -0.25) is 9.59 Å². The second kappa shape index (κ2) is 7.39. The molecule has 132 valence electrons. The number of H-pyrrole nitrogens is 1. The lowest BCUT2D eigenvalue weighted by Crippen LogP contribution is -2.56. The minimum absolute atomic E-state index is 0.0610. The average Bonchev–Trinajstić information content (AvgIpc) is 3.13. The van der Waals surface area contributed by atoms with Crippen LogP contribution in [0.5, 0.6) is 0 Å². The number of aromatic nitrogens is 4. The van der Waals surface area contributed by atoms with E-state index in [2.05, 4.69) is 25.9 Å². The van der Waals surface area contributed by atoms with Crippen LogP contribution in [0.4, 0.5) is 0 Å². The van der Waals surface area contributed by atoms with E-state index in [-0.39, 0.29) is 31.0 Å². The highest BCUT2D eigenvalue weighted by Gasteiger charge is 2.42. The summed E-state index contributed by atoms with van der Waals surface area (Å²) in [6, 6.07) is 8.87. The van der Waals surface area contributed by atoms with Crippen molar-refractivity contribution < 1.29 is 14.3 Å². The summed E-state index contributed by atoms with van der Waals surface area (Å²) in [5.41, 5.74) is 0.851. The minimum Gasteiger partial charge on any atom is -0.356 e. The van der Waals surface area contributed by atoms with Crippen LogP contribution in [0.15, 0.2) is 30.3 Å². The Bertz CT molecular complexity index is 719. The molecule has 0 saturated carbocycles. The highest BCUT2D eigenvalue weighted by molar-refractivity contribution is 5.86. The second-order valence-corrected chi connectivity index (χ2v) is 6.03. The summed E-state index contributed by atoms with van der Waals surface area (Å²) in [5.74, 6) is -0.0833. The summed E-state index contributed by atoms with van der Waals surface area (Å²) in [6.45, 7) is 3.86. The lowest BCUT2D eigenvalue weighted by Gasteiger charge is -2.42. The number of hydrogen-bond acceptors (Lipinski definition) is 6. The van der Waals surface area contributed by atoms with E-state index in [1.807, 2.05) is 44.2 Å². The molecule has 3 rings (SSSR count). The number of nitrogens with zero attached hydrogens (tertiary/aromatic N) is 4. The molecule has 25 heavy (non-hydrogen) atoms. The maximum Gasteiger partial charge on any atom is 0.252 e. The molecule has 9 heteroatoms. The molecule has 2 unspecified atom stereocenters. The first-order valence-electron chi connectivity index (χ1n) is 8.05. The van der Waals surface area contributed by atoms with Crippen molar-refractivity contribution in [1.29, 1.82) is 0 Å². The molecule has 1 fully saturated rings. The number of hydrogen-bond donors (Lipinski definition) is 2. The molecule has 2 heterocycles. The zero-order chi connectivity index (χ0) is 17.8. The van der Waals surface area contributed by atoms with Gasteiger partial charge < -0.3 is 15.0 Å². The van der Waals surface area contributed by atoms with Crippen molar-refractivity contribution in [2.75, 3.05) is 6.61 Å². The van der Waals surface area contributed by atoms with Gasteiger partial charge in [-0.1, -0.05) is 35.5 Å². The topological polar surface area (TPSA) is 113 Å². The first kappa shape index (κ1) is 17.0. The average molecular weight is 344 g/mol. The zero-order valence-corrected chi connectivity index (χ0v) is 14.0. The van der Waals surface area contributed by atoms with Gasteiger partial charge in [-0.25, -0.2) is 0 Å². The molecular formula is C16H20N6O3. The van der Waals surface area contributed by atoms with Crippen LogP contribution in [0.2, 0.25) is 0 Å². The Morgan fingerprint density at radius 2 is 2.16 bits per heavy atom. The van der Waals surface area contributed by atoms with Crippen molar-refractivity contribution in [2.24, 2.45) is 0 Å². The van der Waals surface area contributed by atoms with Gasteiger partial charge in [-0.2, -0.15) is 5.21 Å². The number of amides is 2. The summed E-state index contributed by atoms with van der Waals surface area (Å²) >= 11 is 0. The van der Waals surface area contributed by atoms with E-state index in [4.69, 9.17) is 4.74 Å². The van der Waals surface area contributed by atoms with Crippen LogP contribution in [0.25, 0.3) is 0 Å². The normalized spacial score (nSPS) is 20.8. The van der Waals surface area contributed by atoms with Gasteiger partial charge in [0.25, 0.3) is 5.91 Å². The molecule has 2 aromatic rings. The monoisotopic (exact) mass is 344 g/mol. The second-order valence-electron chi connectivity index (χ2n) is 6.03. The molecule has 2 amide bonds. The van der Waals surface area contributed by atoms with E-state index in [1.165, 1.54) is 0 Å². The summed E-state index contributed by atoms with van der Waals surface area (Å²) in [6.07, 6.45) is -0.811. The summed E-state index contributed by atoms with van der Waals surface area (Å²) in [5, 5.41) is 16.1. The maximum absolute atomic E-state index is 12.7. The fraction of sp³-hybridized carbons (Fsp3) is 0.438. The number of rotatable bonds is 5. The Labute approximate surface area is 144 Å². The van der Waals surface area contributed by atoms with Crippen LogP contribution in [-0.2, 0) is 20.9 Å². The van der Waals surface area contributed by atoms with E-state index < -0.39 is 12.1 Å². The van der Waals surface area contributed by atoms with Gasteiger partial charge in [0, 0.05) is 6.04 Å². The van der Waals surface area contributed by atoms with Crippen LogP contribution < -0.4 is 5.32 Å². The molecule has 2 atom stereocenters. The Kier molecular flexibility index (Phi) is 5.03. The molecule has 2 N–H and O–H groups in total. The molecule has 1 aliphatic rings. The fourth-order valence-corrected chi connectivity index (χ4v) is 2.97. The van der Waals surface area contributed by atoms with E-state index in [1.54, 1.807) is 4.90 Å². The first-order valence-corrected chi connectivity index (χ1v) is 8.05. The van der Waals surface area contributed by atoms with Gasteiger partial charge in [0.05, 0.1) is 12.6 Å². The molecular weight excluding hydrogens is 324 g/mol. The molecule has 1 aliphatic heterocycles. The van der Waals surface area contributed by atoms with Crippen molar-refractivity contribution in [3.63, 3.8) is 0 Å². The van der Waals surface area contributed by atoms with Crippen molar-refractivity contribution in [3.8, 4) is 0 Å². The maximum atomic E-state index is 12.7. The predicted octanol–water partition coefficient (Wildman–Crippen LogP) is 0.193. The largest absolute Gasteiger partial charge is 0.356 e. The van der Waals surface area contributed by atoms with Gasteiger partial charge in [0.1, 0.15) is 6.61 Å². The number of tetrazole rings is 1. The van der Waals surface area contributed by atoms with Gasteiger partial charge in [0.15, 0.2) is 11.9 Å². The Balaban J connectivity index is 1.84. The van der Waals surface area contributed by atoms with E-state index in [9.17, 15) is 9.59 Å². The third-order valence-corrected chi connectivity index (χ3v) is 4.03. The van der Waals surface area contributed by atoms with Crippen LogP contribution in [0, 0.1) is 0 Å². The quantitative estimate of drug-likeness (QED) is 0.801. The van der Waals surface area contributed by atoms with Gasteiger partial charge in [-0.05, 0) is 19.4 Å². The van der Waals surface area contributed by atoms with E-state index in [0.717, 1.165) is 5.56 Å². The summed E-state index contributed by atoms with van der Waals surface area (Å²) < 4.78 is 5.60. The van der Waals surface area contributed by atoms with Gasteiger partial charge in [0.2, 0.25) is 5.91 Å². The Morgan fingerprint density at radius 3 is 2.80 bits per heavy atom. The van der Waals surface area contributed by atoms with Crippen molar-refractivity contribution in [3.05, 3.63) is 41.7 Å². The Morgan fingerprint density at radius 1 is 1.40 bits per heavy atom. The SMILES string of the molecule is CC(C)N1C(=O)COC(C(=O)NCc2nn[nH]n2)C1c1ccccc1. The molecule has 0 spiro atoms. The molecule has 1 aromatic carbocycles. The van der Waals surface area contributed by atoms with Crippen LogP contribution in [-0.4, -0.2) is 56.1 Å². The third kappa shape index (κ3) is 3.66.